The fraction of sp³-hybridized carbons (Fsp3) is 0.410. The Balaban J connectivity index is 0.000000433. The van der Waals surface area contributed by atoms with Crippen molar-refractivity contribution in [2.24, 2.45) is 0 Å². The molecule has 0 amide bonds. The lowest BCUT2D eigenvalue weighted by Gasteiger charge is -2.13. The number of aromatic nitrogens is 1. The molecule has 6 aromatic rings. The van der Waals surface area contributed by atoms with E-state index in [4.69, 9.17) is 28.5 Å². The number of benzene rings is 5. The quantitative estimate of drug-likeness (QED) is 0.156. The van der Waals surface area contributed by atoms with Crippen LogP contribution in [0.5, 0.6) is 0 Å². The van der Waals surface area contributed by atoms with Gasteiger partial charge in [-0.15, -0.1) is 0 Å². The first-order valence-corrected chi connectivity index (χ1v) is 25.0. The first-order chi connectivity index (χ1) is 33.2. The molecule has 11 heteroatoms. The monoisotopic (exact) mass is 1040 g/mol. The number of alkyl halides is 6. The fourth-order valence-corrected chi connectivity index (χ4v) is 6.69. The van der Waals surface area contributed by atoms with Gasteiger partial charge in [0.25, 0.3) is 0 Å². The third kappa shape index (κ3) is 22.7. The van der Waals surface area contributed by atoms with Gasteiger partial charge in [-0.25, -0.2) is 4.39 Å². The van der Waals surface area contributed by atoms with Gasteiger partial charge in [0.15, 0.2) is 0 Å². The molecule has 0 N–H and O–H groups in total. The highest BCUT2D eigenvalue weighted by atomic mass is 35.5. The first-order valence-electron chi connectivity index (χ1n) is 24.2. The summed E-state index contributed by atoms with van der Waals surface area (Å²) in [5.74, 6) is 2.16. The van der Waals surface area contributed by atoms with Gasteiger partial charge < -0.3 is 0 Å². The normalized spacial score (nSPS) is 11.1. The summed E-state index contributed by atoms with van der Waals surface area (Å²) in [4.78, 5) is 4.17. The van der Waals surface area contributed by atoms with Gasteiger partial charge in [-0.3, -0.25) is 4.98 Å². The van der Waals surface area contributed by atoms with E-state index in [1.807, 2.05) is 96.3 Å². The van der Waals surface area contributed by atoms with Crippen LogP contribution in [0.25, 0.3) is 0 Å². The van der Waals surface area contributed by atoms with E-state index < -0.39 is 23.5 Å². The molecule has 0 fully saturated rings. The summed E-state index contributed by atoms with van der Waals surface area (Å²) in [6.45, 7) is 33.2. The minimum Gasteiger partial charge on any atom is -0.260 e. The van der Waals surface area contributed by atoms with Crippen molar-refractivity contribution in [1.29, 1.82) is 5.26 Å². The molecular formula is C61H75Cl2F7N2. The Bertz CT molecular complexity index is 2420. The van der Waals surface area contributed by atoms with Gasteiger partial charge in [-0.1, -0.05) is 167 Å². The number of pyridine rings is 1. The van der Waals surface area contributed by atoms with Gasteiger partial charge in [0, 0.05) is 11.2 Å². The van der Waals surface area contributed by atoms with Crippen LogP contribution in [0.1, 0.15) is 197 Å². The first kappa shape index (κ1) is 64.8. The number of halogens is 9. The number of nitrogens with zero attached hydrogens (tertiary/aromatic N) is 2. The molecule has 1 heterocycles. The van der Waals surface area contributed by atoms with Gasteiger partial charge in [0.05, 0.1) is 33.5 Å². The van der Waals surface area contributed by atoms with Gasteiger partial charge in [0.1, 0.15) is 5.82 Å². The van der Waals surface area contributed by atoms with Gasteiger partial charge in [-0.2, -0.15) is 31.6 Å². The minimum absolute atomic E-state index is 0.101. The van der Waals surface area contributed by atoms with Crippen molar-refractivity contribution >= 4 is 23.2 Å². The second kappa shape index (κ2) is 30.1. The highest BCUT2D eigenvalue weighted by Gasteiger charge is 2.33. The molecule has 5 aromatic carbocycles. The van der Waals surface area contributed by atoms with Crippen LogP contribution in [0.4, 0.5) is 30.7 Å². The van der Waals surface area contributed by atoms with Crippen LogP contribution in [0.15, 0.2) is 109 Å². The molecule has 1 aromatic heterocycles. The number of nitriles is 1. The number of aryl methyl sites for hydroxylation is 5. The van der Waals surface area contributed by atoms with E-state index in [-0.39, 0.29) is 28.8 Å². The predicted octanol–water partition coefficient (Wildman–Crippen LogP) is 21.2. The molecule has 0 bridgehead atoms. The lowest BCUT2D eigenvalue weighted by molar-refractivity contribution is -0.138. The maximum atomic E-state index is 12.9. The summed E-state index contributed by atoms with van der Waals surface area (Å²) in [6, 6.07) is 32.5. The molecule has 0 aliphatic rings. The van der Waals surface area contributed by atoms with E-state index in [1.54, 1.807) is 25.1 Å². The molecule has 72 heavy (non-hydrogen) atoms. The van der Waals surface area contributed by atoms with Gasteiger partial charge >= 0.3 is 12.4 Å². The zero-order valence-electron chi connectivity index (χ0n) is 45.2. The zero-order valence-corrected chi connectivity index (χ0v) is 46.7. The van der Waals surface area contributed by atoms with Crippen molar-refractivity contribution in [3.63, 3.8) is 0 Å². The third-order valence-corrected chi connectivity index (χ3v) is 12.4. The average molecular weight is 1040 g/mol. The summed E-state index contributed by atoms with van der Waals surface area (Å²) in [5, 5.41) is 10.1. The van der Waals surface area contributed by atoms with E-state index in [2.05, 4.69) is 78.6 Å². The number of hydrogen-bond acceptors (Lipinski definition) is 2. The van der Waals surface area contributed by atoms with Crippen LogP contribution >= 0.6 is 23.2 Å². The summed E-state index contributed by atoms with van der Waals surface area (Å²) in [7, 11) is 0. The van der Waals surface area contributed by atoms with Crippen LogP contribution in [-0.2, 0) is 12.4 Å². The van der Waals surface area contributed by atoms with Crippen LogP contribution in [-0.4, -0.2) is 4.98 Å². The SMILES string of the molecule is CC(C)c1ccc(C#N)cc1.Cc1ccc(C(C)C)cc1C(F)(F)F.Cc1ccc(C(C)C)cc1C(F)(F)F.Cc1ccc(C(C)C)cc1Cl.Cc1ccc(C(C)C)cc1F.Cc1ncc(C(C)C)cc1Cl. The largest absolute Gasteiger partial charge is 0.416 e. The molecule has 0 radical (unpaired) electrons. The Labute approximate surface area is 437 Å². The number of hydrogen-bond donors (Lipinski definition) is 0. The summed E-state index contributed by atoms with van der Waals surface area (Å²) >= 11 is 11.9. The highest BCUT2D eigenvalue weighted by molar-refractivity contribution is 6.31. The minimum atomic E-state index is -4.24. The van der Waals surface area contributed by atoms with Crippen molar-refractivity contribution in [3.8, 4) is 6.07 Å². The molecule has 0 atom stereocenters. The van der Waals surface area contributed by atoms with Crippen molar-refractivity contribution in [2.45, 2.75) is 166 Å². The van der Waals surface area contributed by atoms with E-state index in [0.717, 1.165) is 49.1 Å². The molecule has 0 aliphatic heterocycles. The molecule has 392 valence electrons. The maximum Gasteiger partial charge on any atom is 0.416 e. The lowest BCUT2D eigenvalue weighted by atomic mass is 9.98. The molecule has 0 spiro atoms. The van der Waals surface area contributed by atoms with Crippen molar-refractivity contribution < 1.29 is 30.7 Å². The van der Waals surface area contributed by atoms with Crippen molar-refractivity contribution in [3.05, 3.63) is 203 Å². The molecule has 6 rings (SSSR count). The summed E-state index contributed by atoms with van der Waals surface area (Å²) < 4.78 is 87.9. The smallest absolute Gasteiger partial charge is 0.260 e. The van der Waals surface area contributed by atoms with E-state index in [1.165, 1.54) is 54.8 Å². The van der Waals surface area contributed by atoms with E-state index >= 15 is 0 Å². The topological polar surface area (TPSA) is 36.7 Å². The van der Waals surface area contributed by atoms with Crippen molar-refractivity contribution in [1.82, 2.24) is 4.98 Å². The Morgan fingerprint density at radius 1 is 0.417 bits per heavy atom. The highest BCUT2D eigenvalue weighted by Crippen LogP contribution is 2.35. The van der Waals surface area contributed by atoms with E-state index in [0.29, 0.717) is 23.7 Å². The van der Waals surface area contributed by atoms with E-state index in [9.17, 15) is 30.7 Å². The molecule has 0 saturated carbocycles. The van der Waals surface area contributed by atoms with Gasteiger partial charge in [0.2, 0.25) is 0 Å². The Kier molecular flexibility index (Phi) is 27.1. The zero-order chi connectivity index (χ0) is 55.4. The van der Waals surface area contributed by atoms with Crippen LogP contribution in [0.2, 0.25) is 10.0 Å². The van der Waals surface area contributed by atoms with Crippen molar-refractivity contribution in [2.75, 3.05) is 0 Å². The van der Waals surface area contributed by atoms with Gasteiger partial charge in [-0.05, 0) is 168 Å². The Morgan fingerprint density at radius 3 is 1.06 bits per heavy atom. The maximum absolute atomic E-state index is 12.9. The fourth-order valence-electron chi connectivity index (χ4n) is 6.32. The van der Waals surface area contributed by atoms with Crippen LogP contribution < -0.4 is 0 Å². The second-order valence-electron chi connectivity index (χ2n) is 19.7. The molecule has 0 aliphatic carbocycles. The Morgan fingerprint density at radius 2 is 0.736 bits per heavy atom. The lowest BCUT2D eigenvalue weighted by Crippen LogP contribution is -2.08. The molecule has 0 unspecified atom stereocenters. The standard InChI is InChI=1S/2C11H13F3.C10H13Cl.C10H13F.C10H11N.C9H12ClN/c2*1-7(2)9-5-4-8(3)10(6-9)11(12,13)14;2*1-7(2)9-5-4-8(3)10(11)6-9;1-8(2)10-5-3-9(7-11)4-6-10;1-6(2)8-4-9(10)7(3)11-5-8/h2*4-7H,1-3H3;2*4-7H,1-3H3;3-6,8H,1-2H3;4-6H,1-3H3. The van der Waals surface area contributed by atoms with Crippen LogP contribution in [0, 0.1) is 51.8 Å². The third-order valence-electron chi connectivity index (χ3n) is 11.6. The molecule has 0 saturated heterocycles. The van der Waals surface area contributed by atoms with Crippen LogP contribution in [0.3, 0.4) is 0 Å². The predicted molar refractivity (Wildman–Crippen MR) is 289 cm³/mol. The molecule has 2 nitrogen and oxygen atoms in total. The average Bonchev–Trinajstić information content (AvgIpc) is 3.29. The Hall–Kier alpha value is -5.17. The number of rotatable bonds is 6. The second-order valence-corrected chi connectivity index (χ2v) is 20.5. The summed E-state index contributed by atoms with van der Waals surface area (Å²) in [6.07, 6.45) is -6.60. The molecular weight excluding hydrogens is 965 g/mol. The summed E-state index contributed by atoms with van der Waals surface area (Å²) in [5.41, 5.74) is 9.30.